The van der Waals surface area contributed by atoms with Crippen molar-refractivity contribution in [2.75, 3.05) is 14.2 Å². The molecule has 4 aromatic carbocycles. The Bertz CT molecular complexity index is 1400. The number of methoxy groups -OCH3 is 2. The number of fused-ring (bicyclic) bond motifs is 3. The molecule has 0 bridgehead atoms. The average Bonchev–Trinajstić information content (AvgIpc) is 3.24. The van der Waals surface area contributed by atoms with E-state index >= 15 is 0 Å². The second-order valence-electron chi connectivity index (χ2n) is 7.19. The van der Waals surface area contributed by atoms with Gasteiger partial charge in [0.25, 0.3) is 0 Å². The van der Waals surface area contributed by atoms with Crippen LogP contribution in [0.3, 0.4) is 0 Å². The largest absolute Gasteiger partial charge is 0.493 e. The smallest absolute Gasteiger partial charge is 0.168 e. The molecular weight excluding hydrogens is 388 g/mol. The van der Waals surface area contributed by atoms with Crippen LogP contribution in [-0.2, 0) is 0 Å². The van der Waals surface area contributed by atoms with Gasteiger partial charge in [-0.15, -0.1) is 0 Å². The highest BCUT2D eigenvalue weighted by molar-refractivity contribution is 6.12. The van der Waals surface area contributed by atoms with Gasteiger partial charge < -0.3 is 9.47 Å². The Kier molecular flexibility index (Phi) is 4.64. The molecule has 5 heteroatoms. The van der Waals surface area contributed by atoms with Gasteiger partial charge in [0.15, 0.2) is 11.5 Å². The third kappa shape index (κ3) is 3.02. The molecule has 31 heavy (non-hydrogen) atoms. The lowest BCUT2D eigenvalue weighted by Gasteiger charge is -2.12. The summed E-state index contributed by atoms with van der Waals surface area (Å²) in [7, 11) is 3.28. The van der Waals surface area contributed by atoms with E-state index < -0.39 is 0 Å². The molecule has 0 fully saturated rings. The van der Waals surface area contributed by atoms with Gasteiger partial charge in [-0.25, -0.2) is 4.68 Å². The van der Waals surface area contributed by atoms with Gasteiger partial charge in [0.2, 0.25) is 0 Å². The van der Waals surface area contributed by atoms with E-state index in [1.54, 1.807) is 26.4 Å². The number of benzene rings is 4. The van der Waals surface area contributed by atoms with E-state index in [2.05, 4.69) is 18.2 Å². The Morgan fingerprint density at radius 1 is 0.774 bits per heavy atom. The van der Waals surface area contributed by atoms with Gasteiger partial charge in [0.1, 0.15) is 12.0 Å². The minimum absolute atomic E-state index is 0.625. The normalized spacial score (nSPS) is 11.0. The van der Waals surface area contributed by atoms with Crippen molar-refractivity contribution in [3.63, 3.8) is 0 Å². The first-order valence-corrected chi connectivity index (χ1v) is 9.92. The van der Waals surface area contributed by atoms with E-state index in [4.69, 9.17) is 14.6 Å². The molecule has 0 radical (unpaired) electrons. The molecule has 5 aromatic rings. The van der Waals surface area contributed by atoms with Gasteiger partial charge in [0.05, 0.1) is 25.4 Å². The SMILES string of the molecule is COc1ccc2c(ccc3c(-c4ccccc4)nn(-c4ccc(C=O)cc4)c32)c1OC. The summed E-state index contributed by atoms with van der Waals surface area (Å²) in [6, 6.07) is 25.6. The van der Waals surface area contributed by atoms with Crippen molar-refractivity contribution < 1.29 is 14.3 Å². The molecular formula is C26H20N2O3. The van der Waals surface area contributed by atoms with Crippen molar-refractivity contribution in [1.29, 1.82) is 0 Å². The van der Waals surface area contributed by atoms with Crippen LogP contribution in [0.2, 0.25) is 0 Å². The summed E-state index contributed by atoms with van der Waals surface area (Å²) in [5.74, 6) is 1.37. The summed E-state index contributed by atoms with van der Waals surface area (Å²) in [6.07, 6.45) is 0.840. The van der Waals surface area contributed by atoms with Gasteiger partial charge in [-0.3, -0.25) is 4.79 Å². The number of ether oxygens (including phenoxy) is 2. The van der Waals surface area contributed by atoms with Gasteiger partial charge in [0, 0.05) is 27.3 Å². The number of nitrogens with zero attached hydrogens (tertiary/aromatic N) is 2. The molecule has 0 unspecified atom stereocenters. The number of carbonyl (C=O) groups excluding carboxylic acids is 1. The van der Waals surface area contributed by atoms with Crippen LogP contribution in [0.5, 0.6) is 11.5 Å². The van der Waals surface area contributed by atoms with Gasteiger partial charge >= 0.3 is 0 Å². The molecule has 5 nitrogen and oxygen atoms in total. The quantitative estimate of drug-likeness (QED) is 0.351. The van der Waals surface area contributed by atoms with Crippen LogP contribution in [0.1, 0.15) is 10.4 Å². The van der Waals surface area contributed by atoms with Crippen LogP contribution in [-0.4, -0.2) is 30.3 Å². The van der Waals surface area contributed by atoms with Crippen molar-refractivity contribution in [3.8, 4) is 28.4 Å². The predicted octanol–water partition coefficient (Wildman–Crippen LogP) is 5.68. The fourth-order valence-corrected chi connectivity index (χ4v) is 4.03. The highest BCUT2D eigenvalue weighted by atomic mass is 16.5. The molecule has 0 spiro atoms. The van der Waals surface area contributed by atoms with Gasteiger partial charge in [-0.05, 0) is 48.5 Å². The minimum Gasteiger partial charge on any atom is -0.493 e. The molecule has 0 aliphatic carbocycles. The zero-order valence-corrected chi connectivity index (χ0v) is 17.2. The Hall–Kier alpha value is -4.12. The molecule has 1 aromatic heterocycles. The van der Waals surface area contributed by atoms with Crippen molar-refractivity contribution >= 4 is 28.0 Å². The molecule has 0 N–H and O–H groups in total. The Morgan fingerprint density at radius 3 is 2.16 bits per heavy atom. The van der Waals surface area contributed by atoms with Crippen LogP contribution in [0.25, 0.3) is 38.6 Å². The van der Waals surface area contributed by atoms with E-state index in [0.29, 0.717) is 17.1 Å². The first-order valence-electron chi connectivity index (χ1n) is 9.92. The second kappa shape index (κ2) is 7.61. The summed E-state index contributed by atoms with van der Waals surface area (Å²) in [5.41, 5.74) is 4.40. The molecule has 0 saturated heterocycles. The van der Waals surface area contributed by atoms with E-state index in [-0.39, 0.29) is 0 Å². The van der Waals surface area contributed by atoms with Crippen molar-refractivity contribution in [1.82, 2.24) is 9.78 Å². The standard InChI is InChI=1S/C26H20N2O3/c1-30-23-15-14-20-21(26(23)31-2)12-13-22-24(18-6-4-3-5-7-18)27-28(25(20)22)19-10-8-17(16-29)9-11-19/h3-16H,1-2H3. The lowest BCUT2D eigenvalue weighted by atomic mass is 10.0. The monoisotopic (exact) mass is 408 g/mol. The summed E-state index contributed by atoms with van der Waals surface area (Å²) < 4.78 is 13.1. The zero-order valence-electron chi connectivity index (χ0n) is 17.2. The van der Waals surface area contributed by atoms with E-state index in [1.807, 2.05) is 53.2 Å². The first-order chi connectivity index (χ1) is 15.2. The predicted molar refractivity (Wildman–Crippen MR) is 123 cm³/mol. The molecule has 0 atom stereocenters. The fourth-order valence-electron chi connectivity index (χ4n) is 4.03. The Morgan fingerprint density at radius 2 is 1.48 bits per heavy atom. The maximum atomic E-state index is 11.1. The number of aromatic nitrogens is 2. The van der Waals surface area contributed by atoms with Crippen LogP contribution in [0.15, 0.2) is 78.9 Å². The van der Waals surface area contributed by atoms with E-state index in [1.165, 1.54) is 0 Å². The molecule has 5 rings (SSSR count). The number of hydrogen-bond donors (Lipinski definition) is 0. The third-order valence-electron chi connectivity index (χ3n) is 5.50. The van der Waals surface area contributed by atoms with Crippen LogP contribution in [0.4, 0.5) is 0 Å². The lowest BCUT2D eigenvalue weighted by molar-refractivity contribution is 0.112. The minimum atomic E-state index is 0.625. The van der Waals surface area contributed by atoms with Crippen LogP contribution in [0, 0.1) is 0 Å². The Labute approximate surface area is 179 Å². The average molecular weight is 408 g/mol. The first kappa shape index (κ1) is 18.9. The van der Waals surface area contributed by atoms with E-state index in [9.17, 15) is 4.79 Å². The molecule has 0 amide bonds. The number of rotatable bonds is 5. The zero-order chi connectivity index (χ0) is 21.4. The van der Waals surface area contributed by atoms with Crippen molar-refractivity contribution in [3.05, 3.63) is 84.4 Å². The molecule has 0 aliphatic rings. The summed E-state index contributed by atoms with van der Waals surface area (Å²) in [4.78, 5) is 11.1. The Balaban J connectivity index is 1.89. The topological polar surface area (TPSA) is 53.4 Å². The number of aldehydes is 1. The lowest BCUT2D eigenvalue weighted by Crippen LogP contribution is -1.98. The highest BCUT2D eigenvalue weighted by Gasteiger charge is 2.19. The summed E-state index contributed by atoms with van der Waals surface area (Å²) in [5, 5.41) is 7.97. The molecule has 0 saturated carbocycles. The van der Waals surface area contributed by atoms with Crippen molar-refractivity contribution in [2.45, 2.75) is 0 Å². The summed E-state index contributed by atoms with van der Waals surface area (Å²) >= 11 is 0. The van der Waals surface area contributed by atoms with Gasteiger partial charge in [-0.2, -0.15) is 5.10 Å². The maximum Gasteiger partial charge on any atom is 0.168 e. The summed E-state index contributed by atoms with van der Waals surface area (Å²) in [6.45, 7) is 0. The fraction of sp³-hybridized carbons (Fsp3) is 0.0769. The van der Waals surface area contributed by atoms with Crippen molar-refractivity contribution in [2.24, 2.45) is 0 Å². The molecule has 1 heterocycles. The maximum absolute atomic E-state index is 11.1. The molecule has 152 valence electrons. The van der Waals surface area contributed by atoms with Crippen LogP contribution < -0.4 is 9.47 Å². The van der Waals surface area contributed by atoms with Crippen LogP contribution >= 0.6 is 0 Å². The van der Waals surface area contributed by atoms with E-state index in [0.717, 1.165) is 44.9 Å². The highest BCUT2D eigenvalue weighted by Crippen LogP contribution is 2.41. The second-order valence-corrected chi connectivity index (χ2v) is 7.19. The van der Waals surface area contributed by atoms with Gasteiger partial charge in [-0.1, -0.05) is 30.3 Å². The number of hydrogen-bond acceptors (Lipinski definition) is 4. The number of carbonyl (C=O) groups is 1. The molecule has 0 aliphatic heterocycles. The third-order valence-corrected chi connectivity index (χ3v) is 5.50.